The monoisotopic (exact) mass is 324 g/mol. The normalized spacial score (nSPS) is 17.9. The number of carbonyl (C=O) groups excluding carboxylic acids is 4. The van der Waals surface area contributed by atoms with Crippen LogP contribution in [0, 0.1) is 11.3 Å². The van der Waals surface area contributed by atoms with Crippen molar-refractivity contribution in [1.82, 2.24) is 16.0 Å². The summed E-state index contributed by atoms with van der Waals surface area (Å²) in [7, 11) is 0. The Balaban J connectivity index is 2.78. The maximum atomic E-state index is 12.3. The minimum atomic E-state index is -1.51. The molecule has 1 saturated heterocycles. The first-order valence-electron chi connectivity index (χ1n) is 7.63. The minimum absolute atomic E-state index is 0.00844. The number of unbranched alkanes of at least 4 members (excludes halogenated alkanes) is 1. The van der Waals surface area contributed by atoms with Crippen molar-refractivity contribution < 1.29 is 19.2 Å². The fourth-order valence-electron chi connectivity index (χ4n) is 2.65. The van der Waals surface area contributed by atoms with E-state index in [1.54, 1.807) is 6.92 Å². The molecule has 8 heteroatoms. The molecule has 0 bridgehead atoms. The van der Waals surface area contributed by atoms with Gasteiger partial charge in [-0.2, -0.15) is 0 Å². The van der Waals surface area contributed by atoms with Crippen LogP contribution in [0.25, 0.3) is 0 Å². The Morgan fingerprint density at radius 2 is 1.91 bits per heavy atom. The van der Waals surface area contributed by atoms with Gasteiger partial charge < -0.3 is 11.1 Å². The molecule has 1 aliphatic heterocycles. The van der Waals surface area contributed by atoms with E-state index in [9.17, 15) is 19.2 Å². The molecule has 1 atom stereocenters. The Labute approximate surface area is 135 Å². The molecule has 0 aromatic carbocycles. The van der Waals surface area contributed by atoms with Crippen LogP contribution in [-0.4, -0.2) is 36.8 Å². The first kappa shape index (κ1) is 18.8. The molecule has 0 aromatic heterocycles. The van der Waals surface area contributed by atoms with Gasteiger partial charge in [0.25, 0.3) is 0 Å². The first-order valence-corrected chi connectivity index (χ1v) is 7.63. The topological polar surface area (TPSA) is 130 Å². The van der Waals surface area contributed by atoms with Crippen molar-refractivity contribution in [3.05, 3.63) is 12.7 Å². The fraction of sp³-hybridized carbons (Fsp3) is 0.600. The molecule has 8 nitrogen and oxygen atoms in total. The van der Waals surface area contributed by atoms with E-state index in [0.717, 1.165) is 12.8 Å². The van der Waals surface area contributed by atoms with Gasteiger partial charge in [0, 0.05) is 13.0 Å². The molecule has 0 saturated carbocycles. The van der Waals surface area contributed by atoms with Gasteiger partial charge in [-0.15, -0.1) is 6.58 Å². The standard InChI is InChI=1S/C15H24N4O4/c1-3-6-15(12(21)18-14(23)19-13(15)22)10(2)9-11(20)17-8-5-4-7-16/h3,10H,1,4-9,16H2,2H3,(H,17,20)(H2,18,19,21,22,23). The Morgan fingerprint density at radius 3 is 2.43 bits per heavy atom. The predicted molar refractivity (Wildman–Crippen MR) is 84.0 cm³/mol. The summed E-state index contributed by atoms with van der Waals surface area (Å²) in [4.78, 5) is 47.8. The third kappa shape index (κ3) is 4.38. The van der Waals surface area contributed by atoms with Crippen LogP contribution in [0.2, 0.25) is 0 Å². The zero-order valence-electron chi connectivity index (χ0n) is 13.3. The summed E-state index contributed by atoms with van der Waals surface area (Å²) in [6.07, 6.45) is 3.04. The number of carbonyl (C=O) groups is 4. The van der Waals surface area contributed by atoms with Crippen LogP contribution in [0.15, 0.2) is 12.7 Å². The maximum absolute atomic E-state index is 12.3. The van der Waals surface area contributed by atoms with Crippen LogP contribution in [0.3, 0.4) is 0 Å². The molecule has 0 aromatic rings. The van der Waals surface area contributed by atoms with Gasteiger partial charge in [0.1, 0.15) is 5.41 Å². The van der Waals surface area contributed by atoms with Gasteiger partial charge in [0.2, 0.25) is 17.7 Å². The summed E-state index contributed by atoms with van der Waals surface area (Å²) >= 11 is 0. The van der Waals surface area contributed by atoms with Gasteiger partial charge in [-0.05, 0) is 31.7 Å². The van der Waals surface area contributed by atoms with Crippen molar-refractivity contribution in [3.63, 3.8) is 0 Å². The molecule has 1 fully saturated rings. The van der Waals surface area contributed by atoms with Crippen molar-refractivity contribution in [1.29, 1.82) is 0 Å². The molecule has 0 radical (unpaired) electrons. The largest absolute Gasteiger partial charge is 0.356 e. The fourth-order valence-corrected chi connectivity index (χ4v) is 2.65. The molecule has 1 rings (SSSR count). The number of rotatable bonds is 9. The van der Waals surface area contributed by atoms with Crippen molar-refractivity contribution in [2.75, 3.05) is 13.1 Å². The van der Waals surface area contributed by atoms with Gasteiger partial charge in [0.05, 0.1) is 0 Å². The lowest BCUT2D eigenvalue weighted by Gasteiger charge is -2.37. The number of amides is 5. The molecular formula is C15H24N4O4. The molecule has 5 amide bonds. The Hall–Kier alpha value is -2.22. The summed E-state index contributed by atoms with van der Waals surface area (Å²) < 4.78 is 0. The number of allylic oxidation sites excluding steroid dienone is 1. The van der Waals surface area contributed by atoms with E-state index in [1.165, 1.54) is 6.08 Å². The van der Waals surface area contributed by atoms with E-state index in [0.29, 0.717) is 13.1 Å². The van der Waals surface area contributed by atoms with Crippen LogP contribution in [0.1, 0.15) is 32.6 Å². The highest BCUT2D eigenvalue weighted by molar-refractivity contribution is 6.19. The predicted octanol–water partition coefficient (Wildman–Crippen LogP) is -0.204. The van der Waals surface area contributed by atoms with Crippen molar-refractivity contribution >= 4 is 23.8 Å². The van der Waals surface area contributed by atoms with Gasteiger partial charge in [-0.25, -0.2) is 4.79 Å². The number of hydrogen-bond donors (Lipinski definition) is 4. The van der Waals surface area contributed by atoms with Crippen LogP contribution < -0.4 is 21.7 Å². The van der Waals surface area contributed by atoms with E-state index in [1.807, 2.05) is 0 Å². The van der Waals surface area contributed by atoms with Crippen molar-refractivity contribution in [2.45, 2.75) is 32.6 Å². The Bertz CT molecular complexity index is 484. The third-order valence-corrected chi connectivity index (χ3v) is 4.02. The van der Waals surface area contributed by atoms with Crippen LogP contribution in [-0.2, 0) is 14.4 Å². The second-order valence-electron chi connectivity index (χ2n) is 5.65. The SMILES string of the molecule is C=CCC1(C(C)CC(=O)NCCCCN)C(=O)NC(=O)NC1=O. The van der Waals surface area contributed by atoms with E-state index in [4.69, 9.17) is 5.73 Å². The van der Waals surface area contributed by atoms with E-state index in [-0.39, 0.29) is 18.7 Å². The number of urea groups is 1. The summed E-state index contributed by atoms with van der Waals surface area (Å²) in [5.74, 6) is -2.25. The second-order valence-corrected chi connectivity index (χ2v) is 5.65. The molecule has 1 heterocycles. The minimum Gasteiger partial charge on any atom is -0.356 e. The van der Waals surface area contributed by atoms with Gasteiger partial charge >= 0.3 is 6.03 Å². The average molecular weight is 324 g/mol. The molecule has 0 spiro atoms. The van der Waals surface area contributed by atoms with E-state index < -0.39 is 29.2 Å². The highest BCUT2D eigenvalue weighted by Crippen LogP contribution is 2.36. The number of barbiturate groups is 1. The zero-order chi connectivity index (χ0) is 17.5. The van der Waals surface area contributed by atoms with Crippen LogP contribution in [0.4, 0.5) is 4.79 Å². The lowest BCUT2D eigenvalue weighted by molar-refractivity contribution is -0.148. The Kier molecular flexibility index (Phi) is 6.89. The summed E-state index contributed by atoms with van der Waals surface area (Å²) in [5, 5.41) is 6.93. The highest BCUT2D eigenvalue weighted by atomic mass is 16.2. The number of nitrogens with one attached hydrogen (secondary N) is 3. The van der Waals surface area contributed by atoms with E-state index >= 15 is 0 Å². The maximum Gasteiger partial charge on any atom is 0.328 e. The van der Waals surface area contributed by atoms with Crippen molar-refractivity contribution in [3.8, 4) is 0 Å². The second kappa shape index (κ2) is 8.42. The average Bonchev–Trinajstić information content (AvgIpc) is 2.47. The summed E-state index contributed by atoms with van der Waals surface area (Å²) in [5.41, 5.74) is 3.87. The summed E-state index contributed by atoms with van der Waals surface area (Å²) in [6, 6.07) is -0.849. The van der Waals surface area contributed by atoms with Gasteiger partial charge in [0.15, 0.2) is 0 Å². The summed E-state index contributed by atoms with van der Waals surface area (Å²) in [6.45, 7) is 6.25. The molecule has 0 aliphatic carbocycles. The number of imide groups is 2. The third-order valence-electron chi connectivity index (χ3n) is 4.02. The van der Waals surface area contributed by atoms with Gasteiger partial charge in [-0.1, -0.05) is 13.0 Å². The smallest absolute Gasteiger partial charge is 0.328 e. The zero-order valence-corrected chi connectivity index (χ0v) is 13.3. The number of hydrogen-bond acceptors (Lipinski definition) is 5. The van der Waals surface area contributed by atoms with Crippen LogP contribution in [0.5, 0.6) is 0 Å². The molecule has 5 N–H and O–H groups in total. The van der Waals surface area contributed by atoms with Gasteiger partial charge in [-0.3, -0.25) is 25.0 Å². The molecular weight excluding hydrogens is 300 g/mol. The number of nitrogens with two attached hydrogens (primary N) is 1. The van der Waals surface area contributed by atoms with Crippen molar-refractivity contribution in [2.24, 2.45) is 17.1 Å². The molecule has 1 aliphatic rings. The molecule has 23 heavy (non-hydrogen) atoms. The molecule has 128 valence electrons. The quantitative estimate of drug-likeness (QED) is 0.265. The Morgan fingerprint density at radius 1 is 1.30 bits per heavy atom. The van der Waals surface area contributed by atoms with Crippen LogP contribution >= 0.6 is 0 Å². The lowest BCUT2D eigenvalue weighted by Crippen LogP contribution is -2.64. The highest BCUT2D eigenvalue weighted by Gasteiger charge is 2.53. The van der Waals surface area contributed by atoms with E-state index in [2.05, 4.69) is 22.5 Å². The first-order chi connectivity index (χ1) is 10.9. The molecule has 1 unspecified atom stereocenters. The lowest BCUT2D eigenvalue weighted by atomic mass is 9.69.